The van der Waals surface area contributed by atoms with Crippen LogP contribution in [0.25, 0.3) is 11.1 Å². The van der Waals surface area contributed by atoms with E-state index < -0.39 is 18.2 Å². The minimum atomic E-state index is -4.45. The zero-order valence-electron chi connectivity index (χ0n) is 20.3. The van der Waals surface area contributed by atoms with Crippen molar-refractivity contribution in [1.82, 2.24) is 0 Å². The normalized spacial score (nSPS) is 11.0. The Kier molecular flexibility index (Phi) is 10.1. The Bertz CT molecular complexity index is 1290. The average Bonchev–Trinajstić information content (AvgIpc) is 2.95. The zero-order chi connectivity index (χ0) is 26.8. The molecule has 0 spiro atoms. The minimum absolute atomic E-state index is 0.00232. The van der Waals surface area contributed by atoms with Crippen molar-refractivity contribution < 1.29 is 28.5 Å². The quantitative estimate of drug-likeness (QED) is 0.207. The second-order valence-corrected chi connectivity index (χ2v) is 11.8. The lowest BCUT2D eigenvalue weighted by molar-refractivity contribution is -1.91. The summed E-state index contributed by atoms with van der Waals surface area (Å²) >= 11 is 3.37. The van der Waals surface area contributed by atoms with E-state index in [4.69, 9.17) is 0 Å². The molecule has 7 heteroatoms. The molecule has 0 aliphatic heterocycles. The summed E-state index contributed by atoms with van der Waals surface area (Å²) in [6, 6.07) is 46.5. The van der Waals surface area contributed by atoms with Gasteiger partial charge < -0.3 is 0 Å². The molecule has 0 radical (unpaired) electrons. The van der Waals surface area contributed by atoms with Gasteiger partial charge >= 0.3 is 0 Å². The van der Waals surface area contributed by atoms with Crippen LogP contribution in [-0.4, -0.2) is 0 Å². The van der Waals surface area contributed by atoms with Crippen molar-refractivity contribution >= 4 is 39.8 Å². The second kappa shape index (κ2) is 13.7. The number of rotatable bonds is 7. The first-order chi connectivity index (χ1) is 18.4. The van der Waals surface area contributed by atoms with E-state index >= 15 is 0 Å². The Labute approximate surface area is 234 Å². The highest BCUT2D eigenvalue weighted by atomic mass is 79.9. The molecule has 4 nitrogen and oxygen atoms in total. The molecule has 0 heterocycles. The number of benzene rings is 5. The molecule has 0 amide bonds. The second-order valence-electron chi connectivity index (χ2n) is 8.15. The first-order valence-corrected chi connectivity index (χ1v) is 15.4. The Hall–Kier alpha value is -3.02. The van der Waals surface area contributed by atoms with Gasteiger partial charge in [-0.3, -0.25) is 0 Å². The van der Waals surface area contributed by atoms with Gasteiger partial charge in [0.2, 0.25) is 0 Å². The molecule has 5 rings (SSSR count). The zero-order valence-corrected chi connectivity index (χ0v) is 23.6. The van der Waals surface area contributed by atoms with Gasteiger partial charge in [0.25, 0.3) is 5.75 Å². The molecule has 0 aliphatic rings. The van der Waals surface area contributed by atoms with Crippen molar-refractivity contribution in [3.05, 3.63) is 145 Å². The third-order valence-corrected chi connectivity index (χ3v) is 8.98. The van der Waals surface area contributed by atoms with Gasteiger partial charge in [-0.05, 0) is 52.7 Å². The Morgan fingerprint density at radius 1 is 0.526 bits per heavy atom. The van der Waals surface area contributed by atoms with Gasteiger partial charge in [-0.2, -0.15) is 14.0 Å². The Morgan fingerprint density at radius 2 is 0.895 bits per heavy atom. The summed E-state index contributed by atoms with van der Waals surface area (Å²) in [6.45, 7) is 0. The molecule has 0 atom stereocenters. The smallest absolute Gasteiger partial charge is 0.167 e. The van der Waals surface area contributed by atoms with Crippen LogP contribution in [-0.2, 0) is 5.33 Å². The standard InChI is InChI=1S/C18H15P.C13H10BrClO4/c1-4-10-16(11-5-1)19(17-12-6-2-7-13-17)18-14-8-3-9-15-18;14-9-10-1-3-11(4-2-10)12-5-7-13(8-6-12)19-15(16,17)18/h1-15H;1-8H,9H2. The van der Waals surface area contributed by atoms with E-state index in [1.165, 1.54) is 33.6 Å². The lowest BCUT2D eigenvalue weighted by atomic mass is 10.0. The largest absolute Gasteiger partial charge is 0.288 e. The molecule has 0 unspecified atom stereocenters. The highest BCUT2D eigenvalue weighted by Crippen LogP contribution is 2.32. The summed E-state index contributed by atoms with van der Waals surface area (Å²) in [7, 11) is -4.89. The van der Waals surface area contributed by atoms with E-state index in [2.05, 4.69) is 111 Å². The first-order valence-electron chi connectivity index (χ1n) is 11.7. The van der Waals surface area contributed by atoms with Gasteiger partial charge in [-0.1, -0.05) is 148 Å². The summed E-state index contributed by atoms with van der Waals surface area (Å²) in [4.78, 5) is 0. The fourth-order valence-electron chi connectivity index (χ4n) is 3.77. The summed E-state index contributed by atoms with van der Waals surface area (Å²) in [6.07, 6.45) is 0. The van der Waals surface area contributed by atoms with Gasteiger partial charge in [0.15, 0.2) is 0 Å². The van der Waals surface area contributed by atoms with Crippen LogP contribution >= 0.6 is 23.9 Å². The van der Waals surface area contributed by atoms with E-state index in [0.29, 0.717) is 0 Å². The van der Waals surface area contributed by atoms with Crippen LogP contribution in [0, 0.1) is 10.2 Å². The predicted molar refractivity (Wildman–Crippen MR) is 150 cm³/mol. The fraction of sp³-hybridized carbons (Fsp3) is 0.0323. The summed E-state index contributed by atoms with van der Waals surface area (Å²) in [5, 5.41) is 4.99. The average molecular weight is 608 g/mol. The summed E-state index contributed by atoms with van der Waals surface area (Å²) in [5.41, 5.74) is 3.08. The van der Waals surface area contributed by atoms with Crippen molar-refractivity contribution in [2.24, 2.45) is 0 Å². The lowest BCUT2D eigenvalue weighted by Gasteiger charge is -2.18. The van der Waals surface area contributed by atoms with Crippen LogP contribution in [0.2, 0.25) is 0 Å². The monoisotopic (exact) mass is 606 g/mol. The van der Waals surface area contributed by atoms with Gasteiger partial charge in [0.1, 0.15) is 10.2 Å². The van der Waals surface area contributed by atoms with E-state index in [1.807, 2.05) is 24.3 Å². The molecule has 0 bridgehead atoms. The van der Waals surface area contributed by atoms with E-state index in [-0.39, 0.29) is 5.75 Å². The maximum absolute atomic E-state index is 10.4. The molecular formula is C31H25BrClO4P. The number of alkyl halides is 1. The number of hydrogen-bond acceptors (Lipinski definition) is 4. The van der Waals surface area contributed by atoms with Crippen molar-refractivity contribution in [2.45, 2.75) is 5.33 Å². The molecule has 192 valence electrons. The van der Waals surface area contributed by atoms with Crippen LogP contribution in [0.1, 0.15) is 5.56 Å². The highest BCUT2D eigenvalue weighted by Gasteiger charge is 2.19. The minimum Gasteiger partial charge on any atom is -0.167 e. The lowest BCUT2D eigenvalue weighted by Crippen LogP contribution is -2.63. The highest BCUT2D eigenvalue weighted by molar-refractivity contribution is 9.08. The molecule has 0 fully saturated rings. The molecule has 0 saturated carbocycles. The van der Waals surface area contributed by atoms with Crippen molar-refractivity contribution in [3.63, 3.8) is 0 Å². The third kappa shape index (κ3) is 8.24. The van der Waals surface area contributed by atoms with Gasteiger partial charge in [-0.15, -0.1) is 0 Å². The van der Waals surface area contributed by atoms with Gasteiger partial charge in [-0.25, -0.2) is 0 Å². The van der Waals surface area contributed by atoms with Crippen molar-refractivity contribution in [1.29, 1.82) is 0 Å². The number of halogens is 2. The van der Waals surface area contributed by atoms with E-state index in [1.54, 1.807) is 12.1 Å². The van der Waals surface area contributed by atoms with Crippen LogP contribution in [0.5, 0.6) is 5.75 Å². The molecule has 0 aromatic heterocycles. The Balaban J connectivity index is 0.000000177. The maximum atomic E-state index is 10.4. The predicted octanol–water partition coefficient (Wildman–Crippen LogP) is 3.97. The molecule has 0 N–H and O–H groups in total. The summed E-state index contributed by atoms with van der Waals surface area (Å²) < 4.78 is 35.5. The molecular weight excluding hydrogens is 583 g/mol. The molecule has 5 aromatic carbocycles. The van der Waals surface area contributed by atoms with Crippen molar-refractivity contribution in [2.75, 3.05) is 0 Å². The molecule has 38 heavy (non-hydrogen) atoms. The first kappa shape index (κ1) is 28.0. The summed E-state index contributed by atoms with van der Waals surface area (Å²) in [5.74, 6) is -0.00232. The topological polar surface area (TPSA) is 78.4 Å². The van der Waals surface area contributed by atoms with Crippen LogP contribution < -0.4 is 34.2 Å². The molecule has 5 aromatic rings. The third-order valence-electron chi connectivity index (χ3n) is 5.52. The maximum Gasteiger partial charge on any atom is 0.288 e. The van der Waals surface area contributed by atoms with E-state index in [0.717, 1.165) is 16.5 Å². The fourth-order valence-corrected chi connectivity index (χ4v) is 6.77. The van der Waals surface area contributed by atoms with Gasteiger partial charge in [0, 0.05) is 5.33 Å². The van der Waals surface area contributed by atoms with Crippen LogP contribution in [0.3, 0.4) is 0 Å². The van der Waals surface area contributed by atoms with Crippen molar-refractivity contribution in [3.8, 4) is 16.9 Å². The van der Waals surface area contributed by atoms with Gasteiger partial charge in [0.05, 0.1) is 0 Å². The Morgan fingerprint density at radius 3 is 1.24 bits per heavy atom. The molecule has 0 aliphatic carbocycles. The molecule has 0 saturated heterocycles. The van der Waals surface area contributed by atoms with Crippen LogP contribution in [0.15, 0.2) is 140 Å². The van der Waals surface area contributed by atoms with E-state index in [9.17, 15) is 14.0 Å². The SMILES string of the molecule is [O-][Cl+3]([O-])([O-])Oc1ccc(-c2ccc(CBr)cc2)cc1.c1ccc(P(c2ccccc2)c2ccccc2)cc1. The number of hydrogen-bond donors (Lipinski definition) is 0. The van der Waals surface area contributed by atoms with Crippen LogP contribution in [0.4, 0.5) is 0 Å².